The predicted molar refractivity (Wildman–Crippen MR) is 116 cm³/mol. The van der Waals surface area contributed by atoms with Crippen molar-refractivity contribution >= 4 is 40.0 Å². The van der Waals surface area contributed by atoms with Crippen LogP contribution in [0.15, 0.2) is 58.4 Å². The number of rotatable bonds is 6. The zero-order chi connectivity index (χ0) is 19.2. The summed E-state index contributed by atoms with van der Waals surface area (Å²) in [6.07, 6.45) is 0. The van der Waals surface area contributed by atoms with Crippen molar-refractivity contribution in [1.29, 1.82) is 0 Å². The maximum atomic E-state index is 13.3. The molecule has 0 bridgehead atoms. The number of sulfonamides is 1. The van der Waals surface area contributed by atoms with E-state index in [0.29, 0.717) is 19.0 Å². The van der Waals surface area contributed by atoms with Crippen molar-refractivity contribution in [1.82, 2.24) is 14.9 Å². The van der Waals surface area contributed by atoms with Gasteiger partial charge >= 0.3 is 0 Å². The zero-order valence-corrected chi connectivity index (χ0v) is 18.6. The van der Waals surface area contributed by atoms with E-state index in [2.05, 4.69) is 15.0 Å². The summed E-state index contributed by atoms with van der Waals surface area (Å²) in [7, 11) is 1.48. The van der Waals surface area contributed by atoms with Crippen molar-refractivity contribution in [3.8, 4) is 0 Å². The van der Waals surface area contributed by atoms with E-state index in [-0.39, 0.29) is 34.7 Å². The molecular formula is C18H24FIN4O2S. The number of aliphatic imine (C=N–C) groups is 1. The van der Waals surface area contributed by atoms with Crippen molar-refractivity contribution in [2.75, 3.05) is 21.1 Å². The van der Waals surface area contributed by atoms with E-state index in [4.69, 9.17) is 0 Å². The molecule has 2 rings (SSSR count). The fourth-order valence-electron chi connectivity index (χ4n) is 2.45. The van der Waals surface area contributed by atoms with E-state index in [1.54, 1.807) is 37.4 Å². The number of nitrogens with one attached hydrogen (secondary N) is 2. The second-order valence-electron chi connectivity index (χ2n) is 5.74. The van der Waals surface area contributed by atoms with Crippen molar-refractivity contribution < 1.29 is 12.8 Å². The van der Waals surface area contributed by atoms with Crippen LogP contribution in [-0.4, -0.2) is 40.4 Å². The van der Waals surface area contributed by atoms with Gasteiger partial charge in [0.05, 0.1) is 4.90 Å². The van der Waals surface area contributed by atoms with Gasteiger partial charge < -0.3 is 10.2 Å². The van der Waals surface area contributed by atoms with Crippen LogP contribution in [0.2, 0.25) is 0 Å². The van der Waals surface area contributed by atoms with Crippen molar-refractivity contribution in [3.63, 3.8) is 0 Å². The van der Waals surface area contributed by atoms with E-state index in [1.165, 1.54) is 19.2 Å². The molecule has 0 radical (unpaired) electrons. The summed E-state index contributed by atoms with van der Waals surface area (Å²) in [4.78, 5) is 6.33. The Morgan fingerprint density at radius 3 is 2.37 bits per heavy atom. The number of hydrogen-bond donors (Lipinski definition) is 2. The molecule has 2 aromatic carbocycles. The largest absolute Gasteiger partial charge is 0.352 e. The molecule has 9 heteroatoms. The standard InChI is InChI=1S/C18H23FN4O2S.HI/c1-20-18(23(3)13-15-5-4-6-16(19)11-15)22-12-14-7-9-17(10-8-14)26(24,25)21-2;/h4-11,21H,12-13H2,1-3H3,(H,20,22);1H. The Balaban J connectivity index is 0.00000364. The highest BCUT2D eigenvalue weighted by molar-refractivity contribution is 14.0. The molecule has 0 spiro atoms. The number of nitrogens with zero attached hydrogens (tertiary/aromatic N) is 2. The quantitative estimate of drug-likeness (QED) is 0.359. The first-order valence-electron chi connectivity index (χ1n) is 8.04. The second kappa shape index (κ2) is 10.6. The smallest absolute Gasteiger partial charge is 0.240 e. The summed E-state index contributed by atoms with van der Waals surface area (Å²) in [5.41, 5.74) is 1.76. The molecule has 2 aromatic rings. The zero-order valence-electron chi connectivity index (χ0n) is 15.4. The van der Waals surface area contributed by atoms with Crippen LogP contribution in [0.4, 0.5) is 4.39 Å². The third kappa shape index (κ3) is 6.74. The Morgan fingerprint density at radius 2 is 1.81 bits per heavy atom. The highest BCUT2D eigenvalue weighted by Crippen LogP contribution is 2.10. The molecule has 0 aromatic heterocycles. The van der Waals surface area contributed by atoms with Crippen LogP contribution in [-0.2, 0) is 23.1 Å². The van der Waals surface area contributed by atoms with Crippen LogP contribution in [0.3, 0.4) is 0 Å². The molecule has 0 atom stereocenters. The topological polar surface area (TPSA) is 73.8 Å². The van der Waals surface area contributed by atoms with E-state index in [9.17, 15) is 12.8 Å². The van der Waals surface area contributed by atoms with Gasteiger partial charge in [0.1, 0.15) is 5.82 Å². The number of hydrogen-bond acceptors (Lipinski definition) is 3. The monoisotopic (exact) mass is 506 g/mol. The summed E-state index contributed by atoms with van der Waals surface area (Å²) in [6.45, 7) is 0.997. The first kappa shape index (κ1) is 23.3. The highest BCUT2D eigenvalue weighted by atomic mass is 127. The Morgan fingerprint density at radius 1 is 1.15 bits per heavy atom. The first-order chi connectivity index (χ1) is 12.4. The van der Waals surface area contributed by atoms with Crippen molar-refractivity contribution in [3.05, 3.63) is 65.5 Å². The lowest BCUT2D eigenvalue weighted by Gasteiger charge is -2.22. The van der Waals surface area contributed by atoms with Gasteiger partial charge in [0, 0.05) is 27.2 Å². The van der Waals surface area contributed by atoms with Crippen LogP contribution in [0.25, 0.3) is 0 Å². The predicted octanol–water partition coefficient (Wildman–Crippen LogP) is 2.56. The van der Waals surface area contributed by atoms with E-state index in [0.717, 1.165) is 11.1 Å². The molecule has 0 aliphatic rings. The minimum absolute atomic E-state index is 0. The second-order valence-corrected chi connectivity index (χ2v) is 7.62. The maximum absolute atomic E-state index is 13.3. The Hall–Kier alpha value is -1.72. The van der Waals surface area contributed by atoms with Gasteiger partial charge in [-0.05, 0) is 42.4 Å². The summed E-state index contributed by atoms with van der Waals surface area (Å²) in [5, 5.41) is 3.21. The lowest BCUT2D eigenvalue weighted by atomic mass is 10.2. The minimum Gasteiger partial charge on any atom is -0.352 e. The van der Waals surface area contributed by atoms with Gasteiger partial charge in [-0.15, -0.1) is 24.0 Å². The summed E-state index contributed by atoms with van der Waals surface area (Å²) >= 11 is 0. The molecule has 0 saturated carbocycles. The molecule has 0 aliphatic carbocycles. The van der Waals surface area contributed by atoms with Gasteiger partial charge in [-0.1, -0.05) is 24.3 Å². The van der Waals surface area contributed by atoms with Crippen molar-refractivity contribution in [2.24, 2.45) is 4.99 Å². The van der Waals surface area contributed by atoms with Crippen molar-refractivity contribution in [2.45, 2.75) is 18.0 Å². The lowest BCUT2D eigenvalue weighted by Crippen LogP contribution is -2.38. The van der Waals surface area contributed by atoms with Crippen LogP contribution < -0.4 is 10.0 Å². The normalized spacial score (nSPS) is 11.6. The molecule has 0 amide bonds. The van der Waals surface area contributed by atoms with Gasteiger partial charge in [-0.2, -0.15) is 0 Å². The van der Waals surface area contributed by atoms with Crippen LogP contribution >= 0.6 is 24.0 Å². The van der Waals surface area contributed by atoms with Gasteiger partial charge in [0.15, 0.2) is 5.96 Å². The van der Waals surface area contributed by atoms with Crippen LogP contribution in [0, 0.1) is 5.82 Å². The van der Waals surface area contributed by atoms with E-state index >= 15 is 0 Å². The molecule has 2 N–H and O–H groups in total. The molecular weight excluding hydrogens is 482 g/mol. The number of benzene rings is 2. The Bertz CT molecular complexity index is 873. The third-order valence-corrected chi connectivity index (χ3v) is 5.27. The molecule has 6 nitrogen and oxygen atoms in total. The molecule has 0 unspecified atom stereocenters. The average Bonchev–Trinajstić information content (AvgIpc) is 2.62. The minimum atomic E-state index is -3.44. The third-order valence-electron chi connectivity index (χ3n) is 3.84. The van der Waals surface area contributed by atoms with Gasteiger partial charge in [0.25, 0.3) is 0 Å². The molecule has 148 valence electrons. The van der Waals surface area contributed by atoms with Gasteiger partial charge in [-0.3, -0.25) is 4.99 Å². The van der Waals surface area contributed by atoms with Crippen LogP contribution in [0.5, 0.6) is 0 Å². The molecule has 0 fully saturated rings. The molecule has 0 heterocycles. The highest BCUT2D eigenvalue weighted by Gasteiger charge is 2.11. The molecule has 27 heavy (non-hydrogen) atoms. The molecule has 0 saturated heterocycles. The summed E-state index contributed by atoms with van der Waals surface area (Å²) in [5.74, 6) is 0.386. The lowest BCUT2D eigenvalue weighted by molar-refractivity contribution is 0.474. The van der Waals surface area contributed by atoms with E-state index in [1.807, 2.05) is 18.0 Å². The fraction of sp³-hybridized carbons (Fsp3) is 0.278. The Labute approximate surface area is 177 Å². The Kier molecular flexibility index (Phi) is 9.13. The summed E-state index contributed by atoms with van der Waals surface area (Å²) in [6, 6.07) is 13.0. The molecule has 0 aliphatic heterocycles. The average molecular weight is 506 g/mol. The number of guanidine groups is 1. The number of halogens is 2. The van der Waals surface area contributed by atoms with Gasteiger partial charge in [0.2, 0.25) is 10.0 Å². The van der Waals surface area contributed by atoms with Gasteiger partial charge in [-0.25, -0.2) is 17.5 Å². The van der Waals surface area contributed by atoms with E-state index < -0.39 is 10.0 Å². The maximum Gasteiger partial charge on any atom is 0.240 e. The van der Waals surface area contributed by atoms with Crippen LogP contribution in [0.1, 0.15) is 11.1 Å². The summed E-state index contributed by atoms with van der Waals surface area (Å²) < 4.78 is 39.0. The first-order valence-corrected chi connectivity index (χ1v) is 9.52. The fourth-order valence-corrected chi connectivity index (χ4v) is 3.18. The SMILES string of the molecule is CN=C(NCc1ccc(S(=O)(=O)NC)cc1)N(C)Cc1cccc(F)c1.I.